The molecule has 92 valence electrons. The summed E-state index contributed by atoms with van der Waals surface area (Å²) in [5.74, 6) is 2.17. The summed E-state index contributed by atoms with van der Waals surface area (Å²) < 4.78 is 26.3. The van der Waals surface area contributed by atoms with Gasteiger partial charge >= 0.3 is 0 Å². The van der Waals surface area contributed by atoms with Gasteiger partial charge in [0.05, 0.1) is 11.5 Å². The third-order valence-corrected chi connectivity index (χ3v) is 3.90. The molecule has 2 N–H and O–H groups in total. The molecule has 0 aliphatic heterocycles. The molecule has 0 amide bonds. The molecule has 0 bridgehead atoms. The van der Waals surface area contributed by atoms with Gasteiger partial charge in [-0.15, -0.1) is 6.42 Å². The average Bonchev–Trinajstić information content (AvgIpc) is 2.35. The Morgan fingerprint density at radius 3 is 2.65 bits per heavy atom. The molecule has 4 nitrogen and oxygen atoms in total. The van der Waals surface area contributed by atoms with E-state index < -0.39 is 22.7 Å². The smallest absolute Gasteiger partial charge is 0.242 e. The van der Waals surface area contributed by atoms with Gasteiger partial charge < -0.3 is 5.11 Å². The molecule has 1 aromatic carbocycles. The molecule has 17 heavy (non-hydrogen) atoms. The lowest BCUT2D eigenvalue weighted by Gasteiger charge is -2.13. The number of aliphatic hydroxyl groups excluding tert-OH is 1. The van der Waals surface area contributed by atoms with Crippen LogP contribution in [0.1, 0.15) is 12.5 Å². The summed E-state index contributed by atoms with van der Waals surface area (Å²) in [5, 5.41) is 8.89. The Morgan fingerprint density at radius 1 is 1.47 bits per heavy atom. The molecular formula is C12H15NO3S. The number of terminal acetylenes is 1. The number of hydrogen-bond donors (Lipinski definition) is 2. The minimum absolute atomic E-state index is 0.205. The van der Waals surface area contributed by atoms with E-state index >= 15 is 0 Å². The van der Waals surface area contributed by atoms with Crippen molar-refractivity contribution in [3.63, 3.8) is 0 Å². The molecule has 0 aliphatic carbocycles. The van der Waals surface area contributed by atoms with E-state index in [0.717, 1.165) is 0 Å². The van der Waals surface area contributed by atoms with Crippen LogP contribution in [0.25, 0.3) is 0 Å². The average molecular weight is 253 g/mol. The minimum Gasteiger partial charge on any atom is -0.394 e. The SMILES string of the molecule is C#C[C@@H](CO)NS(=O)(=O)c1ccccc1CC. The first-order valence-electron chi connectivity index (χ1n) is 5.22. The van der Waals surface area contributed by atoms with Gasteiger partial charge in [-0.3, -0.25) is 0 Å². The van der Waals surface area contributed by atoms with Crippen LogP contribution in [0.15, 0.2) is 29.2 Å². The van der Waals surface area contributed by atoms with Crippen LogP contribution in [-0.2, 0) is 16.4 Å². The largest absolute Gasteiger partial charge is 0.394 e. The van der Waals surface area contributed by atoms with Crippen LogP contribution in [0.5, 0.6) is 0 Å². The second-order valence-corrected chi connectivity index (χ2v) is 5.17. The first-order chi connectivity index (χ1) is 8.05. The van der Waals surface area contributed by atoms with E-state index in [9.17, 15) is 8.42 Å². The monoisotopic (exact) mass is 253 g/mol. The summed E-state index contributed by atoms with van der Waals surface area (Å²) in [6.07, 6.45) is 5.71. The standard InChI is InChI=1S/C12H15NO3S/c1-3-10-7-5-6-8-12(10)17(15,16)13-11(4-2)9-14/h2,5-8,11,13-14H,3,9H2,1H3/t11-/m0/s1. The van der Waals surface area contributed by atoms with Gasteiger partial charge in [0.25, 0.3) is 0 Å². The molecule has 0 fully saturated rings. The topological polar surface area (TPSA) is 66.4 Å². The first-order valence-corrected chi connectivity index (χ1v) is 6.70. The van der Waals surface area contributed by atoms with E-state index in [0.29, 0.717) is 12.0 Å². The summed E-state index contributed by atoms with van der Waals surface area (Å²) >= 11 is 0. The van der Waals surface area contributed by atoms with Crippen LogP contribution in [0.2, 0.25) is 0 Å². The first kappa shape index (κ1) is 13.7. The second kappa shape index (κ2) is 5.82. The van der Waals surface area contributed by atoms with Gasteiger partial charge in [0.15, 0.2) is 0 Å². The zero-order chi connectivity index (χ0) is 12.9. The van der Waals surface area contributed by atoms with Crippen LogP contribution in [-0.4, -0.2) is 26.2 Å². The maximum Gasteiger partial charge on any atom is 0.242 e. The molecule has 0 heterocycles. The van der Waals surface area contributed by atoms with Crippen molar-refractivity contribution in [3.05, 3.63) is 29.8 Å². The quantitative estimate of drug-likeness (QED) is 0.752. The zero-order valence-corrected chi connectivity index (χ0v) is 10.4. The molecule has 0 spiro atoms. The highest BCUT2D eigenvalue weighted by Gasteiger charge is 2.20. The predicted molar refractivity (Wildman–Crippen MR) is 65.8 cm³/mol. The lowest BCUT2D eigenvalue weighted by molar-refractivity contribution is 0.280. The van der Waals surface area contributed by atoms with E-state index in [1.165, 1.54) is 6.07 Å². The third kappa shape index (κ3) is 3.30. The van der Waals surface area contributed by atoms with Crippen LogP contribution in [0.3, 0.4) is 0 Å². The second-order valence-electron chi connectivity index (χ2n) is 3.48. The molecule has 5 heteroatoms. The van der Waals surface area contributed by atoms with E-state index in [-0.39, 0.29) is 4.90 Å². The van der Waals surface area contributed by atoms with Crippen LogP contribution in [0, 0.1) is 12.3 Å². The molecule has 1 aromatic rings. The van der Waals surface area contributed by atoms with E-state index in [1.54, 1.807) is 18.2 Å². The molecule has 0 aromatic heterocycles. The summed E-state index contributed by atoms with van der Waals surface area (Å²) in [6, 6.07) is 5.80. The normalized spacial score (nSPS) is 13.0. The van der Waals surface area contributed by atoms with Crippen molar-refractivity contribution in [3.8, 4) is 12.3 Å². The van der Waals surface area contributed by atoms with Gasteiger partial charge in [-0.05, 0) is 18.1 Å². The maximum absolute atomic E-state index is 12.0. The summed E-state index contributed by atoms with van der Waals surface area (Å²) in [5.41, 5.74) is 0.716. The number of hydrogen-bond acceptors (Lipinski definition) is 3. The van der Waals surface area contributed by atoms with Crippen molar-refractivity contribution in [1.29, 1.82) is 0 Å². The number of aryl methyl sites for hydroxylation is 1. The predicted octanol–water partition coefficient (Wildman–Crippen LogP) is 0.521. The van der Waals surface area contributed by atoms with E-state index in [2.05, 4.69) is 10.6 Å². The van der Waals surface area contributed by atoms with Gasteiger partial charge in [-0.25, -0.2) is 8.42 Å². The van der Waals surface area contributed by atoms with Crippen molar-refractivity contribution in [2.75, 3.05) is 6.61 Å². The minimum atomic E-state index is -3.68. The number of benzene rings is 1. The Balaban J connectivity index is 3.10. The molecule has 1 rings (SSSR count). The highest BCUT2D eigenvalue weighted by atomic mass is 32.2. The fraction of sp³-hybridized carbons (Fsp3) is 0.333. The highest BCUT2D eigenvalue weighted by Crippen LogP contribution is 2.15. The van der Waals surface area contributed by atoms with Crippen molar-refractivity contribution in [2.24, 2.45) is 0 Å². The molecule has 0 unspecified atom stereocenters. The lowest BCUT2D eigenvalue weighted by Crippen LogP contribution is -2.36. The van der Waals surface area contributed by atoms with E-state index in [1.807, 2.05) is 6.92 Å². The number of sulfonamides is 1. The van der Waals surface area contributed by atoms with Crippen molar-refractivity contribution in [1.82, 2.24) is 4.72 Å². The summed E-state index contributed by atoms with van der Waals surface area (Å²) in [4.78, 5) is 0.205. The fourth-order valence-electron chi connectivity index (χ4n) is 1.43. The Kier molecular flexibility index (Phi) is 4.70. The Morgan fingerprint density at radius 2 is 2.12 bits per heavy atom. The zero-order valence-electron chi connectivity index (χ0n) is 9.55. The Bertz CT molecular complexity index is 517. The van der Waals surface area contributed by atoms with Gasteiger partial charge in [0.1, 0.15) is 6.04 Å². The number of nitrogens with one attached hydrogen (secondary N) is 1. The van der Waals surface area contributed by atoms with Gasteiger partial charge in [-0.1, -0.05) is 31.0 Å². The molecule has 0 saturated carbocycles. The van der Waals surface area contributed by atoms with Gasteiger partial charge in [0.2, 0.25) is 10.0 Å². The summed E-state index contributed by atoms with van der Waals surface area (Å²) in [6.45, 7) is 1.45. The maximum atomic E-state index is 12.0. The van der Waals surface area contributed by atoms with Crippen LogP contribution >= 0.6 is 0 Å². The Labute approximate surface area is 102 Å². The fourth-order valence-corrected chi connectivity index (χ4v) is 2.89. The molecule has 1 atom stereocenters. The van der Waals surface area contributed by atoms with Gasteiger partial charge in [-0.2, -0.15) is 4.72 Å². The van der Waals surface area contributed by atoms with Crippen molar-refractivity contribution >= 4 is 10.0 Å². The summed E-state index contributed by atoms with van der Waals surface area (Å²) in [7, 11) is -3.68. The van der Waals surface area contributed by atoms with Crippen molar-refractivity contribution in [2.45, 2.75) is 24.3 Å². The van der Waals surface area contributed by atoms with E-state index in [4.69, 9.17) is 11.5 Å². The molecular weight excluding hydrogens is 238 g/mol. The highest BCUT2D eigenvalue weighted by molar-refractivity contribution is 7.89. The Hall–Kier alpha value is -1.35. The molecule has 0 saturated heterocycles. The number of rotatable bonds is 5. The van der Waals surface area contributed by atoms with Crippen molar-refractivity contribution < 1.29 is 13.5 Å². The third-order valence-electron chi connectivity index (χ3n) is 2.32. The van der Waals surface area contributed by atoms with Gasteiger partial charge in [0, 0.05) is 0 Å². The number of aliphatic hydroxyl groups is 1. The van der Waals surface area contributed by atoms with Crippen LogP contribution in [0.4, 0.5) is 0 Å². The van der Waals surface area contributed by atoms with Crippen LogP contribution < -0.4 is 4.72 Å². The lowest BCUT2D eigenvalue weighted by atomic mass is 10.2. The molecule has 0 aliphatic rings. The molecule has 0 radical (unpaired) electrons.